The Morgan fingerprint density at radius 1 is 1.37 bits per heavy atom. The highest BCUT2D eigenvalue weighted by Gasteiger charge is 2.30. The Bertz CT molecular complexity index is 445. The van der Waals surface area contributed by atoms with E-state index in [-0.39, 0.29) is 12.0 Å². The summed E-state index contributed by atoms with van der Waals surface area (Å²) in [4.78, 5) is 6.45. The van der Waals surface area contributed by atoms with Gasteiger partial charge in [0.15, 0.2) is 5.96 Å². The second-order valence-corrected chi connectivity index (χ2v) is 7.51. The summed E-state index contributed by atoms with van der Waals surface area (Å²) in [6.45, 7) is 0.607. The first kappa shape index (κ1) is 14.6. The van der Waals surface area contributed by atoms with Gasteiger partial charge < -0.3 is 10.6 Å². The second-order valence-electron chi connectivity index (χ2n) is 5.73. The van der Waals surface area contributed by atoms with Gasteiger partial charge in [0.25, 0.3) is 0 Å². The van der Waals surface area contributed by atoms with Gasteiger partial charge in [0.1, 0.15) is 0 Å². The molecule has 0 aromatic heterocycles. The molecular weight excluding hydrogens is 264 g/mol. The maximum absolute atomic E-state index is 11.3. The van der Waals surface area contributed by atoms with Crippen LogP contribution in [0.15, 0.2) is 4.99 Å². The predicted octanol–water partition coefficient (Wildman–Crippen LogP) is 0.113. The third kappa shape index (κ3) is 4.35. The molecular formula is C12H24N4O2S. The van der Waals surface area contributed by atoms with E-state index in [2.05, 4.69) is 9.71 Å². The molecule has 2 saturated carbocycles. The second kappa shape index (κ2) is 5.66. The van der Waals surface area contributed by atoms with Gasteiger partial charge in [-0.1, -0.05) is 6.42 Å². The quantitative estimate of drug-likeness (QED) is 0.555. The number of aliphatic imine (C=N–C) groups is 1. The summed E-state index contributed by atoms with van der Waals surface area (Å²) < 4.78 is 25.3. The van der Waals surface area contributed by atoms with Crippen LogP contribution in [-0.4, -0.2) is 51.2 Å². The number of sulfonamides is 1. The molecule has 110 valence electrons. The molecule has 0 bridgehead atoms. The number of nitrogens with two attached hydrogens (primary N) is 1. The molecule has 2 aliphatic rings. The van der Waals surface area contributed by atoms with E-state index in [1.165, 1.54) is 19.1 Å². The van der Waals surface area contributed by atoms with Gasteiger partial charge in [-0.25, -0.2) is 13.1 Å². The predicted molar refractivity (Wildman–Crippen MR) is 76.4 cm³/mol. The fraction of sp³-hybridized carbons (Fsp3) is 0.917. The Kier molecular flexibility index (Phi) is 4.35. The van der Waals surface area contributed by atoms with Crippen LogP contribution >= 0.6 is 0 Å². The summed E-state index contributed by atoms with van der Waals surface area (Å²) in [6.07, 6.45) is 6.54. The molecule has 0 aromatic rings. The molecule has 0 saturated heterocycles. The number of rotatable bonds is 5. The minimum Gasteiger partial charge on any atom is -0.370 e. The molecule has 0 heterocycles. The van der Waals surface area contributed by atoms with E-state index in [1.807, 2.05) is 11.9 Å². The lowest BCUT2D eigenvalue weighted by Crippen LogP contribution is -2.39. The Morgan fingerprint density at radius 3 is 2.63 bits per heavy atom. The molecule has 3 N–H and O–H groups in total. The van der Waals surface area contributed by atoms with Crippen LogP contribution in [0.1, 0.15) is 32.1 Å². The van der Waals surface area contributed by atoms with E-state index in [1.54, 1.807) is 0 Å². The van der Waals surface area contributed by atoms with Gasteiger partial charge in [-0.15, -0.1) is 0 Å². The van der Waals surface area contributed by atoms with Crippen LogP contribution in [0.5, 0.6) is 0 Å². The molecule has 0 aromatic carbocycles. The van der Waals surface area contributed by atoms with Crippen molar-refractivity contribution in [3.05, 3.63) is 0 Å². The molecule has 0 amide bonds. The van der Waals surface area contributed by atoms with E-state index in [4.69, 9.17) is 5.73 Å². The van der Waals surface area contributed by atoms with E-state index < -0.39 is 10.0 Å². The molecule has 0 aliphatic heterocycles. The number of nitrogens with one attached hydrogen (secondary N) is 1. The van der Waals surface area contributed by atoms with Crippen molar-refractivity contribution >= 4 is 16.0 Å². The molecule has 19 heavy (non-hydrogen) atoms. The van der Waals surface area contributed by atoms with E-state index in [0.29, 0.717) is 18.5 Å². The van der Waals surface area contributed by atoms with Crippen LogP contribution in [0.3, 0.4) is 0 Å². The molecule has 2 rings (SSSR count). The number of guanidine groups is 1. The highest BCUT2D eigenvalue weighted by molar-refractivity contribution is 7.88. The van der Waals surface area contributed by atoms with Crippen LogP contribution in [0, 0.1) is 5.92 Å². The summed E-state index contributed by atoms with van der Waals surface area (Å²) >= 11 is 0. The van der Waals surface area contributed by atoms with Gasteiger partial charge >= 0.3 is 0 Å². The van der Waals surface area contributed by atoms with Crippen molar-refractivity contribution < 1.29 is 8.42 Å². The Balaban J connectivity index is 1.88. The molecule has 2 unspecified atom stereocenters. The zero-order valence-electron chi connectivity index (χ0n) is 11.7. The number of hydrogen-bond donors (Lipinski definition) is 2. The molecule has 2 aliphatic carbocycles. The molecule has 6 nitrogen and oxygen atoms in total. The van der Waals surface area contributed by atoms with Crippen molar-refractivity contribution in [3.63, 3.8) is 0 Å². The first-order valence-corrected chi connectivity index (χ1v) is 8.76. The van der Waals surface area contributed by atoms with Gasteiger partial charge in [-0.05, 0) is 31.6 Å². The number of hydrogen-bond acceptors (Lipinski definition) is 3. The van der Waals surface area contributed by atoms with Gasteiger partial charge in [-0.3, -0.25) is 4.99 Å². The molecule has 0 radical (unpaired) electrons. The standard InChI is InChI=1S/C12H24N4O2S/c1-16(10-6-7-10)12(13)14-8-9-4-3-5-11(9)15-19(2,17)18/h9-11,15H,3-8H2,1-2H3,(H2,13,14). The topological polar surface area (TPSA) is 87.8 Å². The normalized spacial score (nSPS) is 28.6. The fourth-order valence-electron chi connectivity index (χ4n) is 2.66. The fourth-order valence-corrected chi connectivity index (χ4v) is 3.52. The van der Waals surface area contributed by atoms with Gasteiger partial charge in [0, 0.05) is 25.7 Å². The minimum atomic E-state index is -3.14. The van der Waals surface area contributed by atoms with Gasteiger partial charge in [0.2, 0.25) is 10.0 Å². The lowest BCUT2D eigenvalue weighted by molar-refractivity contribution is 0.445. The largest absolute Gasteiger partial charge is 0.370 e. The molecule has 7 heteroatoms. The van der Waals surface area contributed by atoms with E-state index >= 15 is 0 Å². The first-order chi connectivity index (χ1) is 8.87. The van der Waals surface area contributed by atoms with Crippen LogP contribution in [-0.2, 0) is 10.0 Å². The molecule has 0 spiro atoms. The summed E-state index contributed by atoms with van der Waals surface area (Å²) in [7, 11) is -1.17. The van der Waals surface area contributed by atoms with Crippen molar-refractivity contribution in [2.45, 2.75) is 44.2 Å². The van der Waals surface area contributed by atoms with Crippen LogP contribution in [0.25, 0.3) is 0 Å². The van der Waals surface area contributed by atoms with E-state index in [9.17, 15) is 8.42 Å². The lowest BCUT2D eigenvalue weighted by Gasteiger charge is -2.20. The number of nitrogens with zero attached hydrogens (tertiary/aromatic N) is 2. The zero-order chi connectivity index (χ0) is 14.0. The average Bonchev–Trinajstić information content (AvgIpc) is 3.07. The van der Waals surface area contributed by atoms with Crippen LogP contribution < -0.4 is 10.5 Å². The minimum absolute atomic E-state index is 0.0118. The van der Waals surface area contributed by atoms with Crippen molar-refractivity contribution in [2.75, 3.05) is 19.8 Å². The Hall–Kier alpha value is -0.820. The monoisotopic (exact) mass is 288 g/mol. The summed E-state index contributed by atoms with van der Waals surface area (Å²) in [5.74, 6) is 0.841. The average molecular weight is 288 g/mol. The van der Waals surface area contributed by atoms with Gasteiger partial charge in [-0.2, -0.15) is 0 Å². The van der Waals surface area contributed by atoms with Crippen molar-refractivity contribution in [2.24, 2.45) is 16.6 Å². The third-order valence-corrected chi connectivity index (χ3v) is 4.70. The molecule has 2 atom stereocenters. The lowest BCUT2D eigenvalue weighted by atomic mass is 10.1. The van der Waals surface area contributed by atoms with Crippen molar-refractivity contribution in [3.8, 4) is 0 Å². The highest BCUT2D eigenvalue weighted by atomic mass is 32.2. The first-order valence-electron chi connectivity index (χ1n) is 6.87. The molecule has 2 fully saturated rings. The SMILES string of the molecule is CN(C(N)=NCC1CCCC1NS(C)(=O)=O)C1CC1. The summed E-state index contributed by atoms with van der Waals surface area (Å²) in [5.41, 5.74) is 5.95. The summed E-state index contributed by atoms with van der Waals surface area (Å²) in [6, 6.07) is 0.565. The smallest absolute Gasteiger partial charge is 0.208 e. The maximum Gasteiger partial charge on any atom is 0.208 e. The highest BCUT2D eigenvalue weighted by Crippen LogP contribution is 2.27. The van der Waals surface area contributed by atoms with Crippen LogP contribution in [0.2, 0.25) is 0 Å². The zero-order valence-corrected chi connectivity index (χ0v) is 12.5. The van der Waals surface area contributed by atoms with Crippen molar-refractivity contribution in [1.82, 2.24) is 9.62 Å². The van der Waals surface area contributed by atoms with E-state index in [0.717, 1.165) is 19.3 Å². The third-order valence-electron chi connectivity index (χ3n) is 3.97. The maximum atomic E-state index is 11.3. The van der Waals surface area contributed by atoms with Gasteiger partial charge in [0.05, 0.1) is 6.26 Å². The van der Waals surface area contributed by atoms with Crippen LogP contribution in [0.4, 0.5) is 0 Å². The summed E-state index contributed by atoms with van der Waals surface area (Å²) in [5, 5.41) is 0. The Morgan fingerprint density at radius 2 is 2.05 bits per heavy atom. The Labute approximate surface area is 115 Å². The van der Waals surface area contributed by atoms with Crippen molar-refractivity contribution in [1.29, 1.82) is 0 Å².